The molecular weight excluding hydrogens is 510 g/mol. The predicted molar refractivity (Wildman–Crippen MR) is 134 cm³/mol. The number of benzene rings is 2. The van der Waals surface area contributed by atoms with Crippen molar-refractivity contribution in [3.63, 3.8) is 0 Å². The summed E-state index contributed by atoms with van der Waals surface area (Å²) in [5.41, 5.74) is -0.126. The molecule has 0 aliphatic carbocycles. The molecule has 2 saturated heterocycles. The van der Waals surface area contributed by atoms with Gasteiger partial charge in [0.25, 0.3) is 0 Å². The highest BCUT2D eigenvalue weighted by atomic mass is 19.4. The molecule has 2 aromatic rings. The molecule has 2 aliphatic heterocycles. The van der Waals surface area contributed by atoms with Gasteiger partial charge in [-0.3, -0.25) is 9.69 Å². The van der Waals surface area contributed by atoms with Crippen LogP contribution in [0.5, 0.6) is 0 Å². The summed E-state index contributed by atoms with van der Waals surface area (Å²) in [6.45, 7) is 4.91. The van der Waals surface area contributed by atoms with E-state index in [1.165, 1.54) is 18.2 Å². The molecule has 0 aromatic heterocycles. The zero-order valence-electron chi connectivity index (χ0n) is 21.0. The number of alkyl halides is 6. The minimum absolute atomic E-state index is 0.0171. The van der Waals surface area contributed by atoms with Crippen molar-refractivity contribution < 1.29 is 31.1 Å². The smallest absolute Gasteiger partial charge is 0.382 e. The lowest BCUT2D eigenvalue weighted by atomic mass is 10.0. The molecule has 0 radical (unpaired) electrons. The largest absolute Gasteiger partial charge is 0.416 e. The first-order chi connectivity index (χ1) is 18.0. The van der Waals surface area contributed by atoms with Crippen LogP contribution in [0.25, 0.3) is 0 Å². The van der Waals surface area contributed by atoms with Crippen LogP contribution in [0.1, 0.15) is 36.8 Å². The van der Waals surface area contributed by atoms with Crippen molar-refractivity contribution in [1.29, 1.82) is 0 Å². The molecule has 1 N–H and O–H groups in total. The standard InChI is InChI=1S/C27H32F6N4O/c28-26(29,30)20-6-8-24(9-7-20)36-17-15-35(16-18-36)12-2-5-25(38)37-13-10-22(11-14-37)34-23-4-1-3-21(19-23)27(31,32)33/h1,3-4,6-9,19,22,34H,2,5,10-18H2. The van der Waals surface area contributed by atoms with Crippen molar-refractivity contribution >= 4 is 17.3 Å². The summed E-state index contributed by atoms with van der Waals surface area (Å²) < 4.78 is 77.1. The van der Waals surface area contributed by atoms with Gasteiger partial charge in [-0.05, 0) is 68.3 Å². The van der Waals surface area contributed by atoms with Crippen LogP contribution < -0.4 is 10.2 Å². The highest BCUT2D eigenvalue weighted by Gasteiger charge is 2.31. The first kappa shape index (κ1) is 28.1. The van der Waals surface area contributed by atoms with Gasteiger partial charge in [0.2, 0.25) is 5.91 Å². The van der Waals surface area contributed by atoms with Crippen LogP contribution in [0.4, 0.5) is 37.7 Å². The normalized spacial score (nSPS) is 18.1. The van der Waals surface area contributed by atoms with Gasteiger partial charge < -0.3 is 15.1 Å². The predicted octanol–water partition coefficient (Wildman–Crippen LogP) is 5.73. The van der Waals surface area contributed by atoms with Crippen LogP contribution in [0.2, 0.25) is 0 Å². The number of hydrogen-bond donors (Lipinski definition) is 1. The summed E-state index contributed by atoms with van der Waals surface area (Å²) in [5.74, 6) is 0.0888. The quantitative estimate of drug-likeness (QED) is 0.454. The Labute approximate surface area is 218 Å². The Morgan fingerprint density at radius 2 is 1.45 bits per heavy atom. The molecule has 208 valence electrons. The molecule has 2 aromatic carbocycles. The highest BCUT2D eigenvalue weighted by molar-refractivity contribution is 5.76. The van der Waals surface area contributed by atoms with Crippen LogP contribution in [-0.4, -0.2) is 67.6 Å². The van der Waals surface area contributed by atoms with E-state index in [1.54, 1.807) is 6.07 Å². The molecule has 2 heterocycles. The summed E-state index contributed by atoms with van der Waals surface area (Å²) in [6.07, 6.45) is -6.21. The molecule has 0 spiro atoms. The molecule has 38 heavy (non-hydrogen) atoms. The van der Waals surface area contributed by atoms with E-state index in [0.717, 1.165) is 56.0 Å². The maximum atomic E-state index is 12.9. The van der Waals surface area contributed by atoms with Crippen molar-refractivity contribution in [2.75, 3.05) is 56.0 Å². The Balaban J connectivity index is 1.13. The summed E-state index contributed by atoms with van der Waals surface area (Å²) >= 11 is 0. The van der Waals surface area contributed by atoms with E-state index < -0.39 is 23.5 Å². The molecule has 4 rings (SSSR count). The number of likely N-dealkylation sites (tertiary alicyclic amines) is 1. The molecule has 5 nitrogen and oxygen atoms in total. The van der Waals surface area contributed by atoms with Gasteiger partial charge in [-0.2, -0.15) is 26.3 Å². The Morgan fingerprint density at radius 3 is 2.05 bits per heavy atom. The minimum Gasteiger partial charge on any atom is -0.382 e. The van der Waals surface area contributed by atoms with Crippen molar-refractivity contribution in [3.8, 4) is 0 Å². The number of amides is 1. The molecule has 0 atom stereocenters. The van der Waals surface area contributed by atoms with E-state index >= 15 is 0 Å². The molecule has 0 saturated carbocycles. The van der Waals surface area contributed by atoms with Gasteiger partial charge in [0.15, 0.2) is 0 Å². The van der Waals surface area contributed by atoms with E-state index in [9.17, 15) is 31.1 Å². The van der Waals surface area contributed by atoms with Crippen LogP contribution in [0, 0.1) is 0 Å². The third-order valence-corrected chi connectivity index (χ3v) is 7.21. The van der Waals surface area contributed by atoms with Crippen LogP contribution in [0.3, 0.4) is 0 Å². The number of hydrogen-bond acceptors (Lipinski definition) is 4. The van der Waals surface area contributed by atoms with Gasteiger partial charge in [0.05, 0.1) is 11.1 Å². The fourth-order valence-corrected chi connectivity index (χ4v) is 5.00. The lowest BCUT2D eigenvalue weighted by Crippen LogP contribution is -2.47. The maximum Gasteiger partial charge on any atom is 0.416 e. The molecule has 2 aliphatic rings. The number of nitrogens with zero attached hydrogens (tertiary/aromatic N) is 3. The number of carbonyl (C=O) groups is 1. The number of halogens is 6. The van der Waals surface area contributed by atoms with Crippen LogP contribution >= 0.6 is 0 Å². The SMILES string of the molecule is O=C(CCCN1CCN(c2ccc(C(F)(F)F)cc2)CC1)N1CCC(Nc2cccc(C(F)(F)F)c2)CC1. The number of carbonyl (C=O) groups excluding carboxylic acids is 1. The molecule has 1 amide bonds. The van der Waals surface area contributed by atoms with Gasteiger partial charge in [-0.25, -0.2) is 0 Å². The van der Waals surface area contributed by atoms with Crippen molar-refractivity contribution in [2.24, 2.45) is 0 Å². The first-order valence-electron chi connectivity index (χ1n) is 12.9. The fourth-order valence-electron chi connectivity index (χ4n) is 5.00. The third-order valence-electron chi connectivity index (χ3n) is 7.21. The van der Waals surface area contributed by atoms with Gasteiger partial charge in [-0.1, -0.05) is 6.07 Å². The summed E-state index contributed by atoms with van der Waals surface area (Å²) in [4.78, 5) is 18.8. The van der Waals surface area contributed by atoms with Crippen molar-refractivity contribution in [3.05, 3.63) is 59.7 Å². The summed E-state index contributed by atoms with van der Waals surface area (Å²) in [6, 6.07) is 10.4. The number of piperidine rings is 1. The molecular formula is C27H32F6N4O. The van der Waals surface area contributed by atoms with E-state index in [-0.39, 0.29) is 11.9 Å². The Kier molecular flexibility index (Phi) is 8.74. The molecule has 11 heteroatoms. The van der Waals surface area contributed by atoms with Gasteiger partial charge in [-0.15, -0.1) is 0 Å². The molecule has 0 unspecified atom stereocenters. The van der Waals surface area contributed by atoms with E-state index in [4.69, 9.17) is 0 Å². The second-order valence-corrected chi connectivity index (χ2v) is 9.85. The second kappa shape index (κ2) is 11.8. The first-order valence-corrected chi connectivity index (χ1v) is 12.9. The van der Waals surface area contributed by atoms with E-state index in [0.29, 0.717) is 51.1 Å². The number of rotatable bonds is 7. The molecule has 0 bridgehead atoms. The second-order valence-electron chi connectivity index (χ2n) is 9.85. The average Bonchev–Trinajstić information content (AvgIpc) is 2.89. The van der Waals surface area contributed by atoms with E-state index in [2.05, 4.69) is 15.1 Å². The topological polar surface area (TPSA) is 38.8 Å². The Hall–Kier alpha value is -2.95. The van der Waals surface area contributed by atoms with Crippen LogP contribution in [-0.2, 0) is 17.1 Å². The molecule has 2 fully saturated rings. The highest BCUT2D eigenvalue weighted by Crippen LogP contribution is 2.32. The van der Waals surface area contributed by atoms with Crippen molar-refractivity contribution in [1.82, 2.24) is 9.80 Å². The maximum absolute atomic E-state index is 12.9. The monoisotopic (exact) mass is 542 g/mol. The van der Waals surface area contributed by atoms with Gasteiger partial charge in [0, 0.05) is 63.1 Å². The Bertz CT molecular complexity index is 1060. The fraction of sp³-hybridized carbons (Fsp3) is 0.519. The number of piperazine rings is 1. The van der Waals surface area contributed by atoms with Crippen LogP contribution in [0.15, 0.2) is 48.5 Å². The minimum atomic E-state index is -4.38. The Morgan fingerprint density at radius 1 is 0.816 bits per heavy atom. The average molecular weight is 543 g/mol. The third kappa shape index (κ3) is 7.55. The van der Waals surface area contributed by atoms with Crippen molar-refractivity contribution in [2.45, 2.75) is 44.1 Å². The zero-order valence-corrected chi connectivity index (χ0v) is 21.0. The lowest BCUT2D eigenvalue weighted by Gasteiger charge is -2.36. The number of anilines is 2. The zero-order chi connectivity index (χ0) is 27.3. The summed E-state index contributed by atoms with van der Waals surface area (Å²) in [5, 5.41) is 3.17. The van der Waals surface area contributed by atoms with Gasteiger partial charge >= 0.3 is 12.4 Å². The van der Waals surface area contributed by atoms with E-state index in [1.807, 2.05) is 4.90 Å². The van der Waals surface area contributed by atoms with Gasteiger partial charge in [0.1, 0.15) is 0 Å². The lowest BCUT2D eigenvalue weighted by molar-refractivity contribution is -0.138. The summed E-state index contributed by atoms with van der Waals surface area (Å²) in [7, 11) is 0. The number of nitrogens with one attached hydrogen (secondary N) is 1.